The summed E-state index contributed by atoms with van der Waals surface area (Å²) < 4.78 is 0. The molecule has 4 heteroatoms. The molecule has 3 heterocycles. The summed E-state index contributed by atoms with van der Waals surface area (Å²) in [6, 6.07) is 11.2. The zero-order chi connectivity index (χ0) is 13.1. The number of benzene rings is 2. The van der Waals surface area contributed by atoms with Crippen molar-refractivity contribution >= 4 is 43.5 Å². The van der Waals surface area contributed by atoms with Crippen LogP contribution in [0.4, 0.5) is 0 Å². The predicted molar refractivity (Wildman–Crippen MR) is 77.7 cm³/mol. The van der Waals surface area contributed by atoms with Gasteiger partial charge in [-0.05, 0) is 35.0 Å². The van der Waals surface area contributed by atoms with Crippen LogP contribution in [-0.4, -0.2) is 20.2 Å². The van der Waals surface area contributed by atoms with E-state index in [-0.39, 0.29) is 0 Å². The molecule has 0 unspecified atom stereocenters. The highest BCUT2D eigenvalue weighted by Gasteiger charge is 2.13. The topological polar surface area (TPSA) is 51.6 Å². The molecule has 0 amide bonds. The molecular formula is C16H7N4. The van der Waals surface area contributed by atoms with Gasteiger partial charge >= 0.3 is 0 Å². The molecule has 0 aliphatic heterocycles. The molecule has 0 bridgehead atoms. The zero-order valence-electron chi connectivity index (χ0n) is 10.3. The summed E-state index contributed by atoms with van der Waals surface area (Å²) >= 11 is 0. The van der Waals surface area contributed by atoms with Gasteiger partial charge in [0.1, 0.15) is 0 Å². The molecular weight excluding hydrogens is 248 g/mol. The quantitative estimate of drug-likeness (QED) is 0.315. The van der Waals surface area contributed by atoms with Gasteiger partial charge in [0, 0.05) is 33.9 Å². The Bertz CT molecular complexity index is 931. The van der Waals surface area contributed by atoms with Crippen molar-refractivity contribution < 1.29 is 0 Å². The van der Waals surface area contributed by atoms with E-state index in [1.54, 1.807) is 12.4 Å². The first kappa shape index (κ1) is 9.97. The lowest BCUT2D eigenvalue weighted by Gasteiger charge is -2.11. The van der Waals surface area contributed by atoms with E-state index >= 15 is 0 Å². The normalized spacial score (nSPS) is 12.0. The Balaban J connectivity index is 2.32. The van der Waals surface area contributed by atoms with Crippen LogP contribution in [0.5, 0.6) is 0 Å². The molecule has 20 heavy (non-hydrogen) atoms. The fourth-order valence-corrected chi connectivity index (χ4v) is 2.99. The van der Waals surface area contributed by atoms with Gasteiger partial charge in [-0.3, -0.25) is 0 Å². The van der Waals surface area contributed by atoms with Crippen LogP contribution < -0.4 is 0 Å². The van der Waals surface area contributed by atoms with Gasteiger partial charge in [0.05, 0.1) is 11.7 Å². The molecule has 0 aliphatic rings. The van der Waals surface area contributed by atoms with Gasteiger partial charge < -0.3 is 0 Å². The minimum atomic E-state index is 0.757. The number of hydrogen-bond donors (Lipinski definition) is 0. The third-order valence-electron chi connectivity index (χ3n) is 3.79. The van der Waals surface area contributed by atoms with Crippen LogP contribution in [0, 0.1) is 6.07 Å². The Kier molecular flexibility index (Phi) is 1.68. The highest BCUT2D eigenvalue weighted by atomic mass is 15.1. The first-order valence-corrected chi connectivity index (χ1v) is 6.34. The molecule has 5 aromatic rings. The van der Waals surface area contributed by atoms with Crippen LogP contribution >= 0.6 is 0 Å². The lowest BCUT2D eigenvalue weighted by atomic mass is 9.95. The molecule has 0 spiro atoms. The van der Waals surface area contributed by atoms with Gasteiger partial charge in [-0.25, -0.2) is 9.97 Å². The van der Waals surface area contributed by atoms with Gasteiger partial charge in [0.2, 0.25) is 0 Å². The van der Waals surface area contributed by atoms with Gasteiger partial charge in [-0.2, -0.15) is 10.2 Å². The average Bonchev–Trinajstić information content (AvgIpc) is 2.52. The van der Waals surface area contributed by atoms with Crippen molar-refractivity contribution in [2.75, 3.05) is 0 Å². The SMILES string of the molecule is [c]1ccc2nncc3c4ccnc5nccc(c1c23)c54. The van der Waals surface area contributed by atoms with E-state index in [0.29, 0.717) is 0 Å². The van der Waals surface area contributed by atoms with E-state index in [0.717, 1.165) is 43.5 Å². The zero-order valence-corrected chi connectivity index (χ0v) is 10.3. The standard InChI is InChI=1S/C16H7N4/c1-2-9-10-4-6-17-16-15(10)11(5-7-18-16)12-8-19-20-13(3-1)14(9)12/h1,3-8H. The summed E-state index contributed by atoms with van der Waals surface area (Å²) in [4.78, 5) is 8.72. The van der Waals surface area contributed by atoms with Gasteiger partial charge in [-0.15, -0.1) is 0 Å². The fourth-order valence-electron chi connectivity index (χ4n) is 2.99. The Morgan fingerprint density at radius 2 is 1.70 bits per heavy atom. The predicted octanol–water partition coefficient (Wildman–Crippen LogP) is 3.12. The average molecular weight is 255 g/mol. The lowest BCUT2D eigenvalue weighted by molar-refractivity contribution is 1.09. The molecule has 91 valence electrons. The number of nitrogens with zero attached hydrogens (tertiary/aromatic N) is 4. The summed E-state index contributed by atoms with van der Waals surface area (Å²) in [6.07, 6.45) is 5.39. The van der Waals surface area contributed by atoms with Crippen molar-refractivity contribution in [1.29, 1.82) is 0 Å². The van der Waals surface area contributed by atoms with E-state index in [4.69, 9.17) is 0 Å². The third-order valence-corrected chi connectivity index (χ3v) is 3.79. The molecule has 0 fully saturated rings. The second kappa shape index (κ2) is 3.36. The monoisotopic (exact) mass is 255 g/mol. The van der Waals surface area contributed by atoms with Crippen LogP contribution in [0.1, 0.15) is 0 Å². The molecule has 5 rings (SSSR count). The fraction of sp³-hybridized carbons (Fsp3) is 0. The van der Waals surface area contributed by atoms with Crippen molar-refractivity contribution in [3.63, 3.8) is 0 Å². The van der Waals surface area contributed by atoms with E-state index in [9.17, 15) is 0 Å². The van der Waals surface area contributed by atoms with Crippen LogP contribution in [0.3, 0.4) is 0 Å². The van der Waals surface area contributed by atoms with Gasteiger partial charge in [0.25, 0.3) is 0 Å². The maximum atomic E-state index is 4.36. The summed E-state index contributed by atoms with van der Waals surface area (Å²) in [6.45, 7) is 0. The molecule has 2 aromatic carbocycles. The van der Waals surface area contributed by atoms with Crippen molar-refractivity contribution in [2.45, 2.75) is 0 Å². The summed E-state index contributed by atoms with van der Waals surface area (Å²) in [7, 11) is 0. The Labute approximate surface area is 113 Å². The first-order chi connectivity index (χ1) is 9.93. The highest BCUT2D eigenvalue weighted by Crippen LogP contribution is 2.37. The Hall–Kier alpha value is -2.88. The number of hydrogen-bond acceptors (Lipinski definition) is 4. The van der Waals surface area contributed by atoms with E-state index in [1.165, 1.54) is 0 Å². The molecule has 0 saturated carbocycles. The van der Waals surface area contributed by atoms with Crippen LogP contribution in [-0.2, 0) is 0 Å². The van der Waals surface area contributed by atoms with E-state index in [1.807, 2.05) is 30.5 Å². The largest absolute Gasteiger partial charge is 0.237 e. The minimum Gasteiger partial charge on any atom is -0.237 e. The molecule has 0 aliphatic carbocycles. The van der Waals surface area contributed by atoms with E-state index < -0.39 is 0 Å². The molecule has 0 saturated heterocycles. The minimum absolute atomic E-state index is 0.757. The van der Waals surface area contributed by atoms with Gasteiger partial charge in [0.15, 0.2) is 5.65 Å². The first-order valence-electron chi connectivity index (χ1n) is 6.34. The highest BCUT2D eigenvalue weighted by molar-refractivity contribution is 6.31. The molecule has 3 aromatic heterocycles. The van der Waals surface area contributed by atoms with Crippen molar-refractivity contribution in [3.8, 4) is 0 Å². The number of aromatic nitrogens is 4. The maximum absolute atomic E-state index is 4.36. The van der Waals surface area contributed by atoms with Crippen molar-refractivity contribution in [1.82, 2.24) is 20.2 Å². The Morgan fingerprint density at radius 3 is 2.60 bits per heavy atom. The summed E-state index contributed by atoms with van der Waals surface area (Å²) in [5, 5.41) is 14.9. The smallest absolute Gasteiger partial charge is 0.160 e. The maximum Gasteiger partial charge on any atom is 0.160 e. The van der Waals surface area contributed by atoms with Crippen molar-refractivity contribution in [2.24, 2.45) is 0 Å². The molecule has 0 atom stereocenters. The van der Waals surface area contributed by atoms with Crippen LogP contribution in [0.25, 0.3) is 43.5 Å². The lowest BCUT2D eigenvalue weighted by Crippen LogP contribution is -1.92. The second-order valence-corrected chi connectivity index (χ2v) is 4.79. The summed E-state index contributed by atoms with van der Waals surface area (Å²) in [5.74, 6) is 0. The number of rotatable bonds is 0. The Morgan fingerprint density at radius 1 is 0.850 bits per heavy atom. The molecule has 1 radical (unpaired) electrons. The third kappa shape index (κ3) is 1.07. The summed E-state index contributed by atoms with van der Waals surface area (Å²) in [5.41, 5.74) is 1.65. The number of pyridine rings is 2. The van der Waals surface area contributed by atoms with Crippen LogP contribution in [0.15, 0.2) is 42.9 Å². The van der Waals surface area contributed by atoms with Gasteiger partial charge in [-0.1, -0.05) is 6.07 Å². The molecule has 4 nitrogen and oxygen atoms in total. The number of fused-ring (bicyclic) bond motifs is 2. The second-order valence-electron chi connectivity index (χ2n) is 4.79. The van der Waals surface area contributed by atoms with Crippen molar-refractivity contribution in [3.05, 3.63) is 48.9 Å². The van der Waals surface area contributed by atoms with Crippen LogP contribution in [0.2, 0.25) is 0 Å². The molecule has 0 N–H and O–H groups in total. The van der Waals surface area contributed by atoms with E-state index in [2.05, 4.69) is 26.2 Å².